The van der Waals surface area contributed by atoms with E-state index in [0.717, 1.165) is 58.1 Å². The lowest BCUT2D eigenvalue weighted by molar-refractivity contribution is 0.102. The van der Waals surface area contributed by atoms with Crippen molar-refractivity contribution >= 4 is 33.3 Å². The highest BCUT2D eigenvalue weighted by Gasteiger charge is 2.20. The summed E-state index contributed by atoms with van der Waals surface area (Å²) in [5.41, 5.74) is 5.84. The van der Waals surface area contributed by atoms with E-state index in [-0.39, 0.29) is 5.91 Å². The fourth-order valence-electron chi connectivity index (χ4n) is 4.67. The zero-order valence-electron chi connectivity index (χ0n) is 19.6. The molecule has 0 unspecified atom stereocenters. The van der Waals surface area contributed by atoms with Gasteiger partial charge in [0.25, 0.3) is 5.91 Å². The van der Waals surface area contributed by atoms with E-state index in [0.29, 0.717) is 17.3 Å². The number of nitrogens with zero attached hydrogens (tertiary/aromatic N) is 3. The highest BCUT2D eigenvalue weighted by atomic mass is 32.1. The molecule has 0 bridgehead atoms. The van der Waals surface area contributed by atoms with Crippen LogP contribution in [0.4, 0.5) is 5.69 Å². The van der Waals surface area contributed by atoms with Crippen molar-refractivity contribution in [2.24, 2.45) is 0 Å². The fraction of sp³-hybridized carbons (Fsp3) is 0.172. The van der Waals surface area contributed by atoms with Gasteiger partial charge in [-0.2, -0.15) is 0 Å². The highest BCUT2D eigenvalue weighted by molar-refractivity contribution is 7.21. The summed E-state index contributed by atoms with van der Waals surface area (Å²) < 4.78 is 0. The minimum Gasteiger partial charge on any atom is -0.320 e. The normalized spacial score (nSPS) is 14.1. The molecule has 3 aromatic heterocycles. The SMILES string of the molecule is O=C(Nc1ccccc1-c1nc2cccnc2s1)c1cc(C2CCNCC2)cc(-c2ccccc2)n1. The predicted molar refractivity (Wildman–Crippen MR) is 145 cm³/mol. The molecule has 6 nitrogen and oxygen atoms in total. The van der Waals surface area contributed by atoms with Gasteiger partial charge in [-0.3, -0.25) is 4.79 Å². The topological polar surface area (TPSA) is 79.8 Å². The molecular formula is C29H25N5OS. The smallest absolute Gasteiger partial charge is 0.274 e. The molecule has 5 aromatic rings. The molecule has 1 aliphatic heterocycles. The van der Waals surface area contributed by atoms with Crippen molar-refractivity contribution in [3.63, 3.8) is 0 Å². The molecule has 0 radical (unpaired) electrons. The summed E-state index contributed by atoms with van der Waals surface area (Å²) in [6.45, 7) is 1.97. The highest BCUT2D eigenvalue weighted by Crippen LogP contribution is 2.34. The van der Waals surface area contributed by atoms with Crippen LogP contribution >= 0.6 is 11.3 Å². The molecule has 36 heavy (non-hydrogen) atoms. The van der Waals surface area contributed by atoms with Gasteiger partial charge in [0.2, 0.25) is 0 Å². The van der Waals surface area contributed by atoms with E-state index in [1.165, 1.54) is 16.9 Å². The average molecular weight is 492 g/mol. The van der Waals surface area contributed by atoms with E-state index >= 15 is 0 Å². The number of carbonyl (C=O) groups is 1. The molecule has 1 fully saturated rings. The Bertz CT molecular complexity index is 1490. The standard InChI is InChI=1S/C29H25N5OS/c35-27(33-23-10-5-4-9-22(23)28-34-24-11-6-14-31-29(24)36-28)26-18-21(19-12-15-30-16-13-19)17-25(32-26)20-7-2-1-3-8-20/h1-11,14,17-19,30H,12-13,15-16H2,(H,33,35). The van der Waals surface area contributed by atoms with Gasteiger partial charge in [0.05, 0.1) is 11.4 Å². The Hall–Kier alpha value is -3.94. The molecule has 4 heterocycles. The molecule has 7 heteroatoms. The third kappa shape index (κ3) is 4.63. The Morgan fingerprint density at radius 3 is 2.56 bits per heavy atom. The second-order valence-electron chi connectivity index (χ2n) is 8.91. The van der Waals surface area contributed by atoms with Crippen LogP contribution in [0.15, 0.2) is 85.1 Å². The third-order valence-electron chi connectivity index (χ3n) is 6.53. The maximum Gasteiger partial charge on any atom is 0.274 e. The number of aromatic nitrogens is 3. The van der Waals surface area contributed by atoms with Crippen molar-refractivity contribution in [3.05, 3.63) is 96.3 Å². The number of fused-ring (bicyclic) bond motifs is 1. The van der Waals surface area contributed by atoms with Crippen LogP contribution in [0.2, 0.25) is 0 Å². The molecule has 178 valence electrons. The number of amides is 1. The minimum absolute atomic E-state index is 0.227. The minimum atomic E-state index is -0.227. The number of benzene rings is 2. The zero-order chi connectivity index (χ0) is 24.3. The van der Waals surface area contributed by atoms with Crippen molar-refractivity contribution in [2.45, 2.75) is 18.8 Å². The predicted octanol–water partition coefficient (Wildman–Crippen LogP) is 6.14. The van der Waals surface area contributed by atoms with Crippen LogP contribution in [0.3, 0.4) is 0 Å². The lowest BCUT2D eigenvalue weighted by atomic mass is 9.89. The van der Waals surface area contributed by atoms with Crippen molar-refractivity contribution in [2.75, 3.05) is 18.4 Å². The monoisotopic (exact) mass is 491 g/mol. The maximum absolute atomic E-state index is 13.6. The number of para-hydroxylation sites is 1. The van der Waals surface area contributed by atoms with Gasteiger partial charge in [-0.1, -0.05) is 53.8 Å². The number of hydrogen-bond acceptors (Lipinski definition) is 6. The van der Waals surface area contributed by atoms with Crippen molar-refractivity contribution in [3.8, 4) is 21.8 Å². The Kier molecular flexibility index (Phi) is 6.24. The van der Waals surface area contributed by atoms with E-state index < -0.39 is 0 Å². The van der Waals surface area contributed by atoms with Crippen LogP contribution in [-0.2, 0) is 0 Å². The lowest BCUT2D eigenvalue weighted by Gasteiger charge is -2.24. The first kappa shape index (κ1) is 22.5. The van der Waals surface area contributed by atoms with Crippen LogP contribution < -0.4 is 10.6 Å². The number of carbonyl (C=O) groups excluding carboxylic acids is 1. The number of pyridine rings is 2. The Labute approximate surface area is 213 Å². The summed E-state index contributed by atoms with van der Waals surface area (Å²) in [5.74, 6) is 0.181. The molecule has 1 amide bonds. The molecule has 2 N–H and O–H groups in total. The summed E-state index contributed by atoms with van der Waals surface area (Å²) in [5, 5.41) is 7.36. The van der Waals surface area contributed by atoms with Crippen molar-refractivity contribution < 1.29 is 4.79 Å². The summed E-state index contributed by atoms with van der Waals surface area (Å²) >= 11 is 1.51. The summed E-state index contributed by atoms with van der Waals surface area (Å²) in [6, 6.07) is 25.7. The van der Waals surface area contributed by atoms with E-state index in [9.17, 15) is 4.79 Å². The van der Waals surface area contributed by atoms with E-state index in [2.05, 4.69) is 21.7 Å². The second-order valence-corrected chi connectivity index (χ2v) is 9.89. The summed E-state index contributed by atoms with van der Waals surface area (Å²) in [4.78, 5) is 28.4. The van der Waals surface area contributed by atoms with Gasteiger partial charge in [-0.25, -0.2) is 15.0 Å². The summed E-state index contributed by atoms with van der Waals surface area (Å²) in [7, 11) is 0. The number of thiazole rings is 1. The van der Waals surface area contributed by atoms with Gasteiger partial charge >= 0.3 is 0 Å². The van der Waals surface area contributed by atoms with Crippen LogP contribution in [0, 0.1) is 0 Å². The van der Waals surface area contributed by atoms with Crippen LogP contribution in [0.25, 0.3) is 32.2 Å². The molecule has 0 spiro atoms. The van der Waals surface area contributed by atoms with E-state index in [1.54, 1.807) is 6.20 Å². The number of hydrogen-bond donors (Lipinski definition) is 2. The number of piperidine rings is 1. The largest absolute Gasteiger partial charge is 0.320 e. The maximum atomic E-state index is 13.6. The van der Waals surface area contributed by atoms with Gasteiger partial charge in [0, 0.05) is 17.3 Å². The number of nitrogens with one attached hydrogen (secondary N) is 2. The Balaban J connectivity index is 1.36. The fourth-order valence-corrected chi connectivity index (χ4v) is 5.61. The molecule has 2 aromatic carbocycles. The molecule has 0 aliphatic carbocycles. The first-order valence-electron chi connectivity index (χ1n) is 12.1. The van der Waals surface area contributed by atoms with E-state index in [4.69, 9.17) is 9.97 Å². The lowest BCUT2D eigenvalue weighted by Crippen LogP contribution is -2.27. The zero-order valence-corrected chi connectivity index (χ0v) is 20.5. The van der Waals surface area contributed by atoms with Crippen LogP contribution in [-0.4, -0.2) is 33.9 Å². The first-order valence-corrected chi connectivity index (χ1v) is 13.0. The van der Waals surface area contributed by atoms with Gasteiger partial charge < -0.3 is 10.6 Å². The van der Waals surface area contributed by atoms with Crippen molar-refractivity contribution in [1.82, 2.24) is 20.3 Å². The quantitative estimate of drug-likeness (QED) is 0.309. The van der Waals surface area contributed by atoms with Gasteiger partial charge in [-0.05, 0) is 73.8 Å². The molecule has 0 atom stereocenters. The third-order valence-corrected chi connectivity index (χ3v) is 7.54. The van der Waals surface area contributed by atoms with Crippen LogP contribution in [0.1, 0.15) is 34.8 Å². The Morgan fingerprint density at radius 2 is 1.72 bits per heavy atom. The average Bonchev–Trinajstić information content (AvgIpc) is 3.38. The van der Waals surface area contributed by atoms with Gasteiger partial charge in [0.15, 0.2) is 0 Å². The van der Waals surface area contributed by atoms with Gasteiger partial charge in [0.1, 0.15) is 21.0 Å². The second kappa shape index (κ2) is 9.97. The van der Waals surface area contributed by atoms with E-state index in [1.807, 2.05) is 72.8 Å². The molecule has 0 saturated carbocycles. The van der Waals surface area contributed by atoms with Crippen molar-refractivity contribution in [1.29, 1.82) is 0 Å². The molecule has 6 rings (SSSR count). The van der Waals surface area contributed by atoms with Crippen LogP contribution in [0.5, 0.6) is 0 Å². The molecule has 1 saturated heterocycles. The summed E-state index contributed by atoms with van der Waals surface area (Å²) in [6.07, 6.45) is 3.87. The number of rotatable bonds is 5. The molecule has 1 aliphatic rings. The number of anilines is 1. The Morgan fingerprint density at radius 1 is 0.917 bits per heavy atom. The van der Waals surface area contributed by atoms with Gasteiger partial charge in [-0.15, -0.1) is 0 Å². The molecular weight excluding hydrogens is 466 g/mol. The first-order chi connectivity index (χ1) is 17.7.